The van der Waals surface area contributed by atoms with Gasteiger partial charge in [-0.05, 0) is 39.7 Å². The first-order valence-corrected chi connectivity index (χ1v) is 7.10. The van der Waals surface area contributed by atoms with Gasteiger partial charge in [-0.1, -0.05) is 23.7 Å². The molecule has 0 spiro atoms. The lowest BCUT2D eigenvalue weighted by molar-refractivity contribution is 0.284. The second kappa shape index (κ2) is 6.86. The third-order valence-electron chi connectivity index (χ3n) is 2.76. The summed E-state index contributed by atoms with van der Waals surface area (Å²) in [6.07, 6.45) is 0. The normalized spacial score (nSPS) is 10.2. The quantitative estimate of drug-likeness (QED) is 0.776. The summed E-state index contributed by atoms with van der Waals surface area (Å²) in [7, 11) is 3.22. The van der Waals surface area contributed by atoms with Crippen LogP contribution in [0.3, 0.4) is 0 Å². The Hall–Kier alpha value is -1.39. The van der Waals surface area contributed by atoms with Gasteiger partial charge >= 0.3 is 0 Å². The highest BCUT2D eigenvalue weighted by Gasteiger charge is 2.09. The third kappa shape index (κ3) is 3.58. The lowest BCUT2D eigenvalue weighted by atomic mass is 10.2. The summed E-state index contributed by atoms with van der Waals surface area (Å²) in [6, 6.07) is 11.2. The molecule has 0 aliphatic rings. The van der Waals surface area contributed by atoms with Crippen molar-refractivity contribution in [2.75, 3.05) is 14.2 Å². The molecule has 0 heterocycles. The van der Waals surface area contributed by atoms with Crippen molar-refractivity contribution in [3.63, 3.8) is 0 Å². The van der Waals surface area contributed by atoms with E-state index >= 15 is 0 Å². The molecule has 20 heavy (non-hydrogen) atoms. The molecule has 0 radical (unpaired) electrons. The van der Waals surface area contributed by atoms with Gasteiger partial charge in [-0.2, -0.15) is 0 Å². The molecule has 0 saturated heterocycles. The summed E-state index contributed by atoms with van der Waals surface area (Å²) in [5, 5.41) is 0.582. The number of hydrogen-bond acceptors (Lipinski definition) is 3. The van der Waals surface area contributed by atoms with Crippen LogP contribution in [-0.4, -0.2) is 14.2 Å². The van der Waals surface area contributed by atoms with Crippen molar-refractivity contribution >= 4 is 27.5 Å². The Balaban J connectivity index is 2.11. The topological polar surface area (TPSA) is 27.7 Å². The lowest BCUT2D eigenvalue weighted by Gasteiger charge is -2.12. The van der Waals surface area contributed by atoms with Gasteiger partial charge in [0.2, 0.25) is 0 Å². The maximum atomic E-state index is 6.02. The van der Waals surface area contributed by atoms with Crippen LogP contribution in [0.25, 0.3) is 0 Å². The Morgan fingerprint density at radius 1 is 1.00 bits per heavy atom. The molecular formula is C15H14BrClO3. The van der Waals surface area contributed by atoms with Crippen molar-refractivity contribution in [1.82, 2.24) is 0 Å². The first-order valence-electron chi connectivity index (χ1n) is 5.93. The molecule has 2 aromatic rings. The number of benzene rings is 2. The highest BCUT2D eigenvalue weighted by atomic mass is 79.9. The van der Waals surface area contributed by atoms with E-state index in [4.69, 9.17) is 25.8 Å². The van der Waals surface area contributed by atoms with Gasteiger partial charge in [0.25, 0.3) is 0 Å². The fraction of sp³-hybridized carbons (Fsp3) is 0.200. The predicted octanol–water partition coefficient (Wildman–Crippen LogP) is 4.70. The Labute approximate surface area is 131 Å². The van der Waals surface area contributed by atoms with Crippen LogP contribution in [0.2, 0.25) is 5.02 Å². The summed E-state index contributed by atoms with van der Waals surface area (Å²) in [5.41, 5.74) is 1.04. The first kappa shape index (κ1) is 15.0. The van der Waals surface area contributed by atoms with E-state index in [1.54, 1.807) is 26.4 Å². The first-order chi connectivity index (χ1) is 9.63. The van der Waals surface area contributed by atoms with E-state index in [2.05, 4.69) is 15.9 Å². The fourth-order valence-corrected chi connectivity index (χ4v) is 2.14. The summed E-state index contributed by atoms with van der Waals surface area (Å²) in [6.45, 7) is 0.439. The maximum absolute atomic E-state index is 6.02. The minimum Gasteiger partial charge on any atom is -0.497 e. The van der Waals surface area contributed by atoms with E-state index in [9.17, 15) is 0 Å². The van der Waals surface area contributed by atoms with Gasteiger partial charge in [-0.15, -0.1) is 0 Å². The molecule has 0 amide bonds. The summed E-state index contributed by atoms with van der Waals surface area (Å²) < 4.78 is 16.9. The number of methoxy groups -OCH3 is 2. The van der Waals surface area contributed by atoms with Gasteiger partial charge in [-0.3, -0.25) is 0 Å². The Kier molecular flexibility index (Phi) is 5.15. The molecular weight excluding hydrogens is 344 g/mol. The van der Waals surface area contributed by atoms with E-state index < -0.39 is 0 Å². The van der Waals surface area contributed by atoms with Crippen molar-refractivity contribution < 1.29 is 14.2 Å². The average Bonchev–Trinajstić information content (AvgIpc) is 2.48. The molecule has 0 saturated carbocycles. The molecule has 0 aliphatic carbocycles. The van der Waals surface area contributed by atoms with Crippen molar-refractivity contribution in [3.8, 4) is 17.2 Å². The average molecular weight is 358 g/mol. The molecule has 3 nitrogen and oxygen atoms in total. The van der Waals surface area contributed by atoms with E-state index in [0.717, 1.165) is 15.8 Å². The molecule has 2 aromatic carbocycles. The molecule has 0 N–H and O–H groups in total. The second-order valence-electron chi connectivity index (χ2n) is 4.05. The Bertz CT molecular complexity index is 584. The van der Waals surface area contributed by atoms with Gasteiger partial charge in [0, 0.05) is 10.5 Å². The van der Waals surface area contributed by atoms with Crippen LogP contribution >= 0.6 is 27.5 Å². The molecule has 0 aliphatic heterocycles. The number of rotatable bonds is 5. The number of ether oxygens (including phenoxy) is 3. The zero-order chi connectivity index (χ0) is 14.5. The molecule has 106 valence electrons. The van der Waals surface area contributed by atoms with Gasteiger partial charge < -0.3 is 14.2 Å². The van der Waals surface area contributed by atoms with Crippen molar-refractivity contribution in [2.24, 2.45) is 0 Å². The van der Waals surface area contributed by atoms with E-state index in [1.807, 2.05) is 24.3 Å². The van der Waals surface area contributed by atoms with Crippen LogP contribution in [0.1, 0.15) is 5.56 Å². The number of halogens is 2. The SMILES string of the molecule is COc1ccc(COc2cc(Br)c(Cl)cc2OC)cc1. The summed E-state index contributed by atoms with van der Waals surface area (Å²) in [4.78, 5) is 0. The highest BCUT2D eigenvalue weighted by molar-refractivity contribution is 9.10. The monoisotopic (exact) mass is 356 g/mol. The maximum Gasteiger partial charge on any atom is 0.162 e. The standard InChI is InChI=1S/C15H14BrClO3/c1-18-11-5-3-10(4-6-11)9-20-15-7-12(16)13(17)8-14(15)19-2/h3-8H,9H2,1-2H3. The Morgan fingerprint density at radius 2 is 1.70 bits per heavy atom. The highest BCUT2D eigenvalue weighted by Crippen LogP contribution is 2.36. The van der Waals surface area contributed by atoms with E-state index in [1.165, 1.54) is 0 Å². The van der Waals surface area contributed by atoms with Crippen LogP contribution in [0.15, 0.2) is 40.9 Å². The fourth-order valence-electron chi connectivity index (χ4n) is 1.67. The van der Waals surface area contributed by atoms with Crippen LogP contribution < -0.4 is 14.2 Å². The van der Waals surface area contributed by atoms with Crippen LogP contribution in [0, 0.1) is 0 Å². The summed E-state index contributed by atoms with van der Waals surface area (Å²) in [5.74, 6) is 2.06. The molecule has 2 rings (SSSR count). The smallest absolute Gasteiger partial charge is 0.162 e. The van der Waals surface area contributed by atoms with Gasteiger partial charge in [0.1, 0.15) is 12.4 Å². The van der Waals surface area contributed by atoms with E-state index in [0.29, 0.717) is 23.1 Å². The third-order valence-corrected chi connectivity index (χ3v) is 3.96. The predicted molar refractivity (Wildman–Crippen MR) is 83.0 cm³/mol. The van der Waals surface area contributed by atoms with Crippen LogP contribution in [0.4, 0.5) is 0 Å². The minimum atomic E-state index is 0.439. The minimum absolute atomic E-state index is 0.439. The molecule has 0 unspecified atom stereocenters. The largest absolute Gasteiger partial charge is 0.497 e. The zero-order valence-electron chi connectivity index (χ0n) is 11.2. The summed E-state index contributed by atoms with van der Waals surface area (Å²) >= 11 is 9.39. The molecule has 0 atom stereocenters. The Morgan fingerprint density at radius 3 is 2.30 bits per heavy atom. The van der Waals surface area contributed by atoms with Crippen molar-refractivity contribution in [1.29, 1.82) is 0 Å². The zero-order valence-corrected chi connectivity index (χ0v) is 13.5. The molecule has 0 fully saturated rings. The van der Waals surface area contributed by atoms with E-state index in [-0.39, 0.29) is 0 Å². The lowest BCUT2D eigenvalue weighted by Crippen LogP contribution is -1.98. The number of hydrogen-bond donors (Lipinski definition) is 0. The van der Waals surface area contributed by atoms with Crippen LogP contribution in [0.5, 0.6) is 17.2 Å². The van der Waals surface area contributed by atoms with Crippen LogP contribution in [-0.2, 0) is 6.61 Å². The molecule has 0 aromatic heterocycles. The van der Waals surface area contributed by atoms with Crippen molar-refractivity contribution in [3.05, 3.63) is 51.5 Å². The van der Waals surface area contributed by atoms with Gasteiger partial charge in [-0.25, -0.2) is 0 Å². The molecule has 0 bridgehead atoms. The molecule has 5 heteroatoms. The van der Waals surface area contributed by atoms with Gasteiger partial charge in [0.15, 0.2) is 11.5 Å². The van der Waals surface area contributed by atoms with Gasteiger partial charge in [0.05, 0.1) is 19.2 Å². The second-order valence-corrected chi connectivity index (χ2v) is 5.32. The van der Waals surface area contributed by atoms with Crippen molar-refractivity contribution in [2.45, 2.75) is 6.61 Å².